The van der Waals surface area contributed by atoms with E-state index >= 15 is 0 Å². The van der Waals surface area contributed by atoms with Crippen molar-refractivity contribution in [2.45, 2.75) is 25.6 Å². The number of benzene rings is 2. The topological polar surface area (TPSA) is 71.7 Å². The lowest BCUT2D eigenvalue weighted by atomic mass is 10.1. The maximum atomic E-state index is 14.2. The summed E-state index contributed by atoms with van der Waals surface area (Å²) in [4.78, 5) is 27.3. The number of aliphatic carboxylic acids is 1. The Kier molecular flexibility index (Phi) is 5.94. The van der Waals surface area contributed by atoms with Gasteiger partial charge in [0, 0.05) is 11.6 Å². The zero-order valence-electron chi connectivity index (χ0n) is 15.5. The number of thiazole rings is 1. The number of carboxylic acid groups (broad SMARTS) is 1. The second kappa shape index (κ2) is 8.17. The Morgan fingerprint density at radius 1 is 1.16 bits per heavy atom. The SMILES string of the molecule is CCC(C(=O)O)n1/c(=N/C(=O)c2cccc(C(F)(F)F)c2)sc2c(F)c(F)c(F)cc21. The second-order valence-corrected chi connectivity index (χ2v) is 7.32. The monoisotopic (exact) mass is 462 g/mol. The van der Waals surface area contributed by atoms with Crippen molar-refractivity contribution in [1.82, 2.24) is 4.57 Å². The van der Waals surface area contributed by atoms with Crippen molar-refractivity contribution in [2.24, 2.45) is 4.99 Å². The maximum Gasteiger partial charge on any atom is 0.416 e. The van der Waals surface area contributed by atoms with Gasteiger partial charge in [-0.3, -0.25) is 4.79 Å². The molecule has 1 heterocycles. The van der Waals surface area contributed by atoms with Crippen LogP contribution in [0.4, 0.5) is 26.3 Å². The van der Waals surface area contributed by atoms with Crippen molar-refractivity contribution in [1.29, 1.82) is 0 Å². The summed E-state index contributed by atoms with van der Waals surface area (Å²) in [5.74, 6) is -7.55. The van der Waals surface area contributed by atoms with Gasteiger partial charge in [0.15, 0.2) is 22.3 Å². The minimum absolute atomic E-state index is 0.0906. The normalized spacial score (nSPS) is 13.6. The van der Waals surface area contributed by atoms with Gasteiger partial charge in [0.1, 0.15) is 6.04 Å². The number of fused-ring (bicyclic) bond motifs is 1. The highest BCUT2D eigenvalue weighted by atomic mass is 32.1. The van der Waals surface area contributed by atoms with E-state index in [1.54, 1.807) is 0 Å². The van der Waals surface area contributed by atoms with E-state index in [4.69, 9.17) is 0 Å². The smallest absolute Gasteiger partial charge is 0.416 e. The molecular weight excluding hydrogens is 450 g/mol. The Hall–Kier alpha value is -3.15. The number of carboxylic acids is 1. The third kappa shape index (κ3) is 4.20. The molecule has 0 saturated carbocycles. The fourth-order valence-electron chi connectivity index (χ4n) is 2.91. The highest BCUT2D eigenvalue weighted by molar-refractivity contribution is 7.16. The fraction of sp³-hybridized carbons (Fsp3) is 0.211. The minimum Gasteiger partial charge on any atom is -0.480 e. The largest absolute Gasteiger partial charge is 0.480 e. The van der Waals surface area contributed by atoms with Crippen LogP contribution in [0.15, 0.2) is 35.3 Å². The Balaban J connectivity index is 2.28. The van der Waals surface area contributed by atoms with E-state index in [9.17, 15) is 41.0 Å². The first-order valence-corrected chi connectivity index (χ1v) is 9.45. The molecule has 0 bridgehead atoms. The van der Waals surface area contributed by atoms with Crippen LogP contribution in [0.1, 0.15) is 35.3 Å². The molecule has 12 heteroatoms. The molecule has 164 valence electrons. The van der Waals surface area contributed by atoms with Crippen LogP contribution in [0, 0.1) is 17.5 Å². The third-order valence-corrected chi connectivity index (χ3v) is 5.44. The molecule has 1 N–H and O–H groups in total. The lowest BCUT2D eigenvalue weighted by molar-refractivity contribution is -0.141. The van der Waals surface area contributed by atoms with Crippen LogP contribution in [0.3, 0.4) is 0 Å². The van der Waals surface area contributed by atoms with Gasteiger partial charge < -0.3 is 9.67 Å². The second-order valence-electron chi connectivity index (χ2n) is 6.35. The summed E-state index contributed by atoms with van der Waals surface area (Å²) < 4.78 is 80.7. The molecule has 5 nitrogen and oxygen atoms in total. The fourth-order valence-corrected chi connectivity index (χ4v) is 3.99. The Morgan fingerprint density at radius 3 is 2.42 bits per heavy atom. The summed E-state index contributed by atoms with van der Waals surface area (Å²) in [6.07, 6.45) is -4.81. The highest BCUT2D eigenvalue weighted by Gasteiger charge is 2.31. The Morgan fingerprint density at radius 2 is 1.84 bits per heavy atom. The van der Waals surface area contributed by atoms with E-state index in [0.717, 1.165) is 22.8 Å². The van der Waals surface area contributed by atoms with Gasteiger partial charge in [-0.1, -0.05) is 24.3 Å². The van der Waals surface area contributed by atoms with Crippen molar-refractivity contribution >= 4 is 33.4 Å². The molecule has 0 aliphatic rings. The summed E-state index contributed by atoms with van der Waals surface area (Å²) in [5.41, 5.74) is -1.92. The third-order valence-electron chi connectivity index (χ3n) is 4.37. The highest BCUT2D eigenvalue weighted by Crippen LogP contribution is 2.30. The summed E-state index contributed by atoms with van der Waals surface area (Å²) in [5, 5.41) is 9.47. The van der Waals surface area contributed by atoms with Gasteiger partial charge >= 0.3 is 12.1 Å². The van der Waals surface area contributed by atoms with Crippen molar-refractivity contribution < 1.29 is 41.0 Å². The molecule has 0 aliphatic carbocycles. The molecule has 0 radical (unpaired) electrons. The van der Waals surface area contributed by atoms with E-state index in [2.05, 4.69) is 4.99 Å². The first-order chi connectivity index (χ1) is 14.5. The lowest BCUT2D eigenvalue weighted by Gasteiger charge is -2.13. The number of carbonyl (C=O) groups is 2. The van der Waals surface area contributed by atoms with Crippen molar-refractivity contribution in [3.63, 3.8) is 0 Å². The predicted molar refractivity (Wildman–Crippen MR) is 98.0 cm³/mol. The van der Waals surface area contributed by atoms with E-state index < -0.39 is 62.2 Å². The average Bonchev–Trinajstić information content (AvgIpc) is 3.04. The number of hydrogen-bond acceptors (Lipinski definition) is 3. The van der Waals surface area contributed by atoms with Crippen molar-refractivity contribution in [3.8, 4) is 0 Å². The zero-order valence-corrected chi connectivity index (χ0v) is 16.3. The molecule has 0 spiro atoms. The molecule has 0 fully saturated rings. The number of alkyl halides is 3. The van der Waals surface area contributed by atoms with Crippen LogP contribution in [0.5, 0.6) is 0 Å². The molecule has 0 saturated heterocycles. The van der Waals surface area contributed by atoms with Gasteiger partial charge in [0.05, 0.1) is 15.8 Å². The van der Waals surface area contributed by atoms with Gasteiger partial charge in [-0.05, 0) is 24.6 Å². The quantitative estimate of drug-likeness (QED) is 0.442. The van der Waals surface area contributed by atoms with Gasteiger partial charge in [0.2, 0.25) is 0 Å². The molecule has 1 amide bonds. The summed E-state index contributed by atoms with van der Waals surface area (Å²) in [6.45, 7) is 1.45. The van der Waals surface area contributed by atoms with Crippen LogP contribution in [0.2, 0.25) is 0 Å². The van der Waals surface area contributed by atoms with E-state index in [-0.39, 0.29) is 11.9 Å². The molecule has 1 unspecified atom stereocenters. The molecule has 1 aromatic heterocycles. The van der Waals surface area contributed by atoms with Crippen LogP contribution in [-0.4, -0.2) is 21.6 Å². The molecule has 0 aliphatic heterocycles. The minimum atomic E-state index is -4.72. The molecule has 31 heavy (non-hydrogen) atoms. The standard InChI is InChI=1S/C19H12F6N2O3S/c1-2-11(17(29)30)27-12-7-10(20)13(21)14(22)15(12)31-18(27)26-16(28)8-4-3-5-9(6-8)19(23,24)25/h3-7,11H,2H2,1H3,(H,29,30)/b26-18-. The Labute approximate surface area is 173 Å². The number of amides is 1. The number of carbonyl (C=O) groups excluding carboxylic acids is 1. The van der Waals surface area contributed by atoms with Crippen LogP contribution in [0.25, 0.3) is 10.2 Å². The summed E-state index contributed by atoms with van der Waals surface area (Å²) >= 11 is 0.375. The molecule has 2 aromatic carbocycles. The predicted octanol–water partition coefficient (Wildman–Crippen LogP) is 4.92. The Bertz CT molecular complexity index is 1260. The number of hydrogen-bond donors (Lipinski definition) is 1. The van der Waals surface area contributed by atoms with E-state index in [1.165, 1.54) is 6.92 Å². The summed E-state index contributed by atoms with van der Waals surface area (Å²) in [7, 11) is 0. The maximum absolute atomic E-state index is 14.2. The first kappa shape index (κ1) is 22.5. The van der Waals surface area contributed by atoms with E-state index in [0.29, 0.717) is 23.5 Å². The van der Waals surface area contributed by atoms with Crippen molar-refractivity contribution in [2.75, 3.05) is 0 Å². The summed E-state index contributed by atoms with van der Waals surface area (Å²) in [6, 6.07) is 2.50. The number of nitrogens with zero attached hydrogens (tertiary/aromatic N) is 2. The average molecular weight is 462 g/mol. The van der Waals surface area contributed by atoms with Crippen LogP contribution >= 0.6 is 11.3 Å². The van der Waals surface area contributed by atoms with Crippen LogP contribution in [-0.2, 0) is 11.0 Å². The lowest BCUT2D eigenvalue weighted by Crippen LogP contribution is -2.27. The molecule has 1 atom stereocenters. The zero-order chi connectivity index (χ0) is 23.1. The van der Waals surface area contributed by atoms with Crippen LogP contribution < -0.4 is 4.80 Å². The number of aromatic nitrogens is 1. The van der Waals surface area contributed by atoms with E-state index in [1.807, 2.05) is 0 Å². The van der Waals surface area contributed by atoms with Gasteiger partial charge in [-0.25, -0.2) is 18.0 Å². The number of rotatable bonds is 4. The van der Waals surface area contributed by atoms with Gasteiger partial charge in [-0.2, -0.15) is 18.2 Å². The first-order valence-electron chi connectivity index (χ1n) is 8.63. The molecule has 3 rings (SSSR count). The van der Waals surface area contributed by atoms with Gasteiger partial charge in [-0.15, -0.1) is 0 Å². The van der Waals surface area contributed by atoms with Gasteiger partial charge in [0.25, 0.3) is 5.91 Å². The molecule has 3 aromatic rings. The van der Waals surface area contributed by atoms with Crippen molar-refractivity contribution in [3.05, 3.63) is 63.7 Å². The number of halogens is 6. The molecular formula is C19H12F6N2O3S.